The minimum absolute atomic E-state index is 0.116. The molecule has 0 spiro atoms. The molecule has 0 atom stereocenters. The maximum absolute atomic E-state index is 10.6. The zero-order chi connectivity index (χ0) is 13.8. The molecule has 2 N–H and O–H groups in total. The molecule has 1 aromatic carbocycles. The number of aliphatic carboxylic acids is 1. The predicted molar refractivity (Wildman–Crippen MR) is 69.9 cm³/mol. The van der Waals surface area contributed by atoms with Crippen molar-refractivity contribution in [1.82, 2.24) is 15.0 Å². The summed E-state index contributed by atoms with van der Waals surface area (Å²) in [6, 6.07) is 3.84. The van der Waals surface area contributed by atoms with Crippen molar-refractivity contribution in [3.63, 3.8) is 0 Å². The number of aliphatic hydroxyl groups excluding tert-OH is 1. The Morgan fingerprint density at radius 1 is 1.42 bits per heavy atom. The van der Waals surface area contributed by atoms with Crippen LogP contribution < -0.4 is 0 Å². The lowest BCUT2D eigenvalue weighted by atomic mass is 10.0. The van der Waals surface area contributed by atoms with Gasteiger partial charge in [-0.15, -0.1) is 5.10 Å². The van der Waals surface area contributed by atoms with Gasteiger partial charge in [0.25, 0.3) is 0 Å². The molecule has 0 radical (unpaired) electrons. The van der Waals surface area contributed by atoms with E-state index in [1.54, 1.807) is 4.68 Å². The molecule has 0 saturated heterocycles. The Balaban J connectivity index is 2.29. The fourth-order valence-corrected chi connectivity index (χ4v) is 2.11. The van der Waals surface area contributed by atoms with E-state index in [1.165, 1.54) is 0 Å². The molecule has 0 bridgehead atoms. The quantitative estimate of drug-likeness (QED) is 0.816. The Bertz CT molecular complexity index is 592. The van der Waals surface area contributed by atoms with Gasteiger partial charge in [0.1, 0.15) is 5.52 Å². The number of aryl methyl sites for hydroxylation is 3. The fraction of sp³-hybridized carbons (Fsp3) is 0.462. The third kappa shape index (κ3) is 2.90. The number of carbonyl (C=O) groups is 1. The topological polar surface area (TPSA) is 88.2 Å². The number of hydrogen-bond donors (Lipinski definition) is 2. The normalized spacial score (nSPS) is 11.1. The van der Waals surface area contributed by atoms with E-state index in [0.29, 0.717) is 19.4 Å². The standard InChI is InChI=1S/C13H17N3O3/c1-9-10(4-6-12(18)19)3-5-11-13(9)14-15-16(11)7-2-8-17/h3,5,17H,2,4,6-8H2,1H3,(H,18,19). The SMILES string of the molecule is Cc1c(CCC(=O)O)ccc2c1nnn2CCCO. The smallest absolute Gasteiger partial charge is 0.303 e. The van der Waals surface area contributed by atoms with E-state index < -0.39 is 5.97 Å². The summed E-state index contributed by atoms with van der Waals surface area (Å²) in [6.45, 7) is 2.68. The highest BCUT2D eigenvalue weighted by atomic mass is 16.4. The van der Waals surface area contributed by atoms with Crippen molar-refractivity contribution < 1.29 is 15.0 Å². The Hall–Kier alpha value is -1.95. The largest absolute Gasteiger partial charge is 0.481 e. The fourth-order valence-electron chi connectivity index (χ4n) is 2.11. The number of rotatable bonds is 6. The first-order valence-corrected chi connectivity index (χ1v) is 6.28. The van der Waals surface area contributed by atoms with Crippen molar-refractivity contribution in [3.05, 3.63) is 23.3 Å². The highest BCUT2D eigenvalue weighted by Crippen LogP contribution is 2.21. The number of carboxylic acid groups (broad SMARTS) is 1. The number of nitrogens with zero attached hydrogens (tertiary/aromatic N) is 3. The average Bonchev–Trinajstić information content (AvgIpc) is 2.79. The van der Waals surface area contributed by atoms with Gasteiger partial charge in [0, 0.05) is 19.6 Å². The van der Waals surface area contributed by atoms with Gasteiger partial charge in [-0.05, 0) is 37.0 Å². The van der Waals surface area contributed by atoms with E-state index in [0.717, 1.165) is 22.2 Å². The number of aromatic nitrogens is 3. The summed E-state index contributed by atoms with van der Waals surface area (Å²) in [5.41, 5.74) is 3.70. The Morgan fingerprint density at radius 3 is 2.89 bits per heavy atom. The predicted octanol–water partition coefficient (Wildman–Crippen LogP) is 1.14. The molecule has 1 aromatic heterocycles. The zero-order valence-corrected chi connectivity index (χ0v) is 10.8. The monoisotopic (exact) mass is 263 g/mol. The number of fused-ring (bicyclic) bond motifs is 1. The first-order valence-electron chi connectivity index (χ1n) is 6.28. The first kappa shape index (κ1) is 13.5. The van der Waals surface area contributed by atoms with Crippen LogP contribution in [0.4, 0.5) is 0 Å². The van der Waals surface area contributed by atoms with Gasteiger partial charge in [-0.2, -0.15) is 0 Å². The van der Waals surface area contributed by atoms with Crippen molar-refractivity contribution in [2.75, 3.05) is 6.61 Å². The van der Waals surface area contributed by atoms with Crippen LogP contribution in [0.15, 0.2) is 12.1 Å². The van der Waals surface area contributed by atoms with Gasteiger partial charge in [-0.25, -0.2) is 4.68 Å². The van der Waals surface area contributed by atoms with Gasteiger partial charge in [-0.1, -0.05) is 11.3 Å². The number of aliphatic hydroxyl groups is 1. The highest BCUT2D eigenvalue weighted by Gasteiger charge is 2.11. The van der Waals surface area contributed by atoms with Gasteiger partial charge >= 0.3 is 5.97 Å². The first-order chi connectivity index (χ1) is 9.13. The van der Waals surface area contributed by atoms with E-state index in [1.807, 2.05) is 19.1 Å². The van der Waals surface area contributed by atoms with Crippen molar-refractivity contribution >= 4 is 17.0 Å². The second kappa shape index (κ2) is 5.79. The summed E-state index contributed by atoms with van der Waals surface area (Å²) in [5, 5.41) is 25.8. The van der Waals surface area contributed by atoms with E-state index in [4.69, 9.17) is 10.2 Å². The van der Waals surface area contributed by atoms with Crippen molar-refractivity contribution in [1.29, 1.82) is 0 Å². The second-order valence-corrected chi connectivity index (χ2v) is 4.50. The Kier molecular flexibility index (Phi) is 4.11. The molecule has 0 aliphatic carbocycles. The summed E-state index contributed by atoms with van der Waals surface area (Å²) in [5.74, 6) is -0.800. The van der Waals surface area contributed by atoms with Crippen molar-refractivity contribution in [2.45, 2.75) is 32.7 Å². The van der Waals surface area contributed by atoms with Crippen molar-refractivity contribution in [3.8, 4) is 0 Å². The van der Waals surface area contributed by atoms with Gasteiger partial charge in [-0.3, -0.25) is 4.79 Å². The molecule has 0 amide bonds. The lowest BCUT2D eigenvalue weighted by Crippen LogP contribution is -2.02. The van der Waals surface area contributed by atoms with Crippen molar-refractivity contribution in [2.24, 2.45) is 0 Å². The number of benzene rings is 1. The van der Waals surface area contributed by atoms with Gasteiger partial charge in [0.2, 0.25) is 0 Å². The lowest BCUT2D eigenvalue weighted by Gasteiger charge is -2.05. The summed E-state index contributed by atoms with van der Waals surface area (Å²) < 4.78 is 1.76. The third-order valence-electron chi connectivity index (χ3n) is 3.19. The molecular formula is C13H17N3O3. The lowest BCUT2D eigenvalue weighted by molar-refractivity contribution is -0.136. The average molecular weight is 263 g/mol. The van der Waals surface area contributed by atoms with E-state index in [-0.39, 0.29) is 13.0 Å². The summed E-state index contributed by atoms with van der Waals surface area (Å²) >= 11 is 0. The van der Waals surface area contributed by atoms with E-state index >= 15 is 0 Å². The molecule has 1 heterocycles. The van der Waals surface area contributed by atoms with Crippen LogP contribution >= 0.6 is 0 Å². The second-order valence-electron chi connectivity index (χ2n) is 4.50. The maximum atomic E-state index is 10.6. The third-order valence-corrected chi connectivity index (χ3v) is 3.19. The van der Waals surface area contributed by atoms with Gasteiger partial charge < -0.3 is 10.2 Å². The van der Waals surface area contributed by atoms with E-state index in [9.17, 15) is 4.79 Å². The van der Waals surface area contributed by atoms with Crippen LogP contribution in [0.5, 0.6) is 0 Å². The highest BCUT2D eigenvalue weighted by molar-refractivity contribution is 5.79. The molecule has 2 aromatic rings. The molecule has 0 saturated carbocycles. The minimum Gasteiger partial charge on any atom is -0.481 e. The van der Waals surface area contributed by atoms with Gasteiger partial charge in [0.05, 0.1) is 5.52 Å². The van der Waals surface area contributed by atoms with Gasteiger partial charge in [0.15, 0.2) is 0 Å². The summed E-state index contributed by atoms with van der Waals surface area (Å²) in [6.07, 6.45) is 1.25. The Labute approximate surface area is 110 Å². The van der Waals surface area contributed by atoms with Crippen LogP contribution in [0.2, 0.25) is 0 Å². The molecule has 19 heavy (non-hydrogen) atoms. The molecular weight excluding hydrogens is 246 g/mol. The molecule has 0 fully saturated rings. The molecule has 0 unspecified atom stereocenters. The zero-order valence-electron chi connectivity index (χ0n) is 10.8. The van der Waals surface area contributed by atoms with Crippen LogP contribution in [0.25, 0.3) is 11.0 Å². The minimum atomic E-state index is -0.800. The summed E-state index contributed by atoms with van der Waals surface area (Å²) in [7, 11) is 0. The van der Waals surface area contributed by atoms with Crippen LogP contribution in [0.3, 0.4) is 0 Å². The van der Waals surface area contributed by atoms with Crippen LogP contribution in [0, 0.1) is 6.92 Å². The van der Waals surface area contributed by atoms with Crippen LogP contribution in [-0.2, 0) is 17.8 Å². The molecule has 0 aliphatic rings. The molecule has 2 rings (SSSR count). The van der Waals surface area contributed by atoms with E-state index in [2.05, 4.69) is 10.3 Å². The molecule has 102 valence electrons. The van der Waals surface area contributed by atoms with Crippen LogP contribution in [-0.4, -0.2) is 37.8 Å². The molecule has 0 aliphatic heterocycles. The maximum Gasteiger partial charge on any atom is 0.303 e. The summed E-state index contributed by atoms with van der Waals surface area (Å²) in [4.78, 5) is 10.6. The Morgan fingerprint density at radius 2 is 2.21 bits per heavy atom. The number of hydrogen-bond acceptors (Lipinski definition) is 4. The number of carboxylic acids is 1. The molecule has 6 heteroatoms. The van der Waals surface area contributed by atoms with Crippen LogP contribution in [0.1, 0.15) is 24.0 Å². The molecule has 6 nitrogen and oxygen atoms in total.